The Kier molecular flexibility index (Phi) is 2.36. The maximum Gasteiger partial charge on any atom is 0.332 e. The fourth-order valence-corrected chi connectivity index (χ4v) is 0.904. The number of hydrogen-bond donors (Lipinski definition) is 1. The molecule has 0 amide bonds. The van der Waals surface area contributed by atoms with Gasteiger partial charge in [0.15, 0.2) is 0 Å². The molecule has 1 N–H and O–H groups in total. The molecular formula is C8H10N2O3. The summed E-state index contributed by atoms with van der Waals surface area (Å²) >= 11 is 0. The van der Waals surface area contributed by atoms with Crippen LogP contribution in [0.2, 0.25) is 0 Å². The fourth-order valence-electron chi connectivity index (χ4n) is 0.904. The highest BCUT2D eigenvalue weighted by atomic mass is 16.4. The summed E-state index contributed by atoms with van der Waals surface area (Å²) in [6.45, 7) is 3.35. The van der Waals surface area contributed by atoms with Crippen molar-refractivity contribution < 1.29 is 9.90 Å². The summed E-state index contributed by atoms with van der Waals surface area (Å²) in [5, 5.41) is 8.52. The maximum absolute atomic E-state index is 11.2. The van der Waals surface area contributed by atoms with Gasteiger partial charge in [-0.15, -0.1) is 0 Å². The van der Waals surface area contributed by atoms with E-state index in [1.807, 2.05) is 0 Å². The van der Waals surface area contributed by atoms with Crippen molar-refractivity contribution in [3.63, 3.8) is 0 Å². The second-order valence-corrected chi connectivity index (χ2v) is 2.73. The zero-order valence-corrected chi connectivity index (χ0v) is 7.23. The minimum absolute atomic E-state index is 0.00620. The largest absolute Gasteiger partial charge is 0.478 e. The Bertz CT molecular complexity index is 400. The van der Waals surface area contributed by atoms with Gasteiger partial charge >= 0.3 is 11.7 Å². The molecule has 1 heterocycles. The number of aliphatic carboxylic acids is 1. The van der Waals surface area contributed by atoms with Crippen LogP contribution in [-0.4, -0.2) is 20.2 Å². The van der Waals surface area contributed by atoms with Gasteiger partial charge in [0, 0.05) is 25.0 Å². The molecule has 70 valence electrons. The SMILES string of the molecule is C=C(Cn1ccn(C)c1=O)C(=O)O. The summed E-state index contributed by atoms with van der Waals surface area (Å²) in [7, 11) is 1.60. The Labute approximate surface area is 74.5 Å². The first-order chi connectivity index (χ1) is 6.02. The van der Waals surface area contributed by atoms with Gasteiger partial charge in [-0.3, -0.25) is 4.57 Å². The van der Waals surface area contributed by atoms with Gasteiger partial charge in [-0.1, -0.05) is 6.58 Å². The quantitative estimate of drug-likeness (QED) is 0.660. The highest BCUT2D eigenvalue weighted by Gasteiger charge is 2.06. The van der Waals surface area contributed by atoms with Crippen molar-refractivity contribution >= 4 is 5.97 Å². The summed E-state index contributed by atoms with van der Waals surface area (Å²) in [5.74, 6) is -1.09. The molecule has 1 aromatic rings. The van der Waals surface area contributed by atoms with Crippen LogP contribution in [0.5, 0.6) is 0 Å². The molecule has 0 unspecified atom stereocenters. The predicted octanol–water partition coefficient (Wildman–Crippen LogP) is -0.172. The van der Waals surface area contributed by atoms with Crippen LogP contribution in [0, 0.1) is 0 Å². The molecule has 0 spiro atoms. The van der Waals surface area contributed by atoms with E-state index in [1.165, 1.54) is 15.3 Å². The van der Waals surface area contributed by atoms with Crippen molar-refractivity contribution in [1.82, 2.24) is 9.13 Å². The average molecular weight is 182 g/mol. The number of hydrogen-bond acceptors (Lipinski definition) is 2. The van der Waals surface area contributed by atoms with E-state index >= 15 is 0 Å². The summed E-state index contributed by atoms with van der Waals surface area (Å²) in [4.78, 5) is 21.6. The molecular weight excluding hydrogens is 172 g/mol. The van der Waals surface area contributed by atoms with Gasteiger partial charge in [-0.25, -0.2) is 9.59 Å². The third kappa shape index (κ3) is 1.87. The number of carbonyl (C=O) groups is 1. The molecule has 0 aromatic carbocycles. The molecule has 5 nitrogen and oxygen atoms in total. The molecule has 0 radical (unpaired) electrons. The Morgan fingerprint density at radius 3 is 2.62 bits per heavy atom. The van der Waals surface area contributed by atoms with Gasteiger partial charge in [0.2, 0.25) is 0 Å². The van der Waals surface area contributed by atoms with Gasteiger partial charge in [0.25, 0.3) is 0 Å². The molecule has 5 heteroatoms. The molecule has 1 aromatic heterocycles. The number of aryl methyl sites for hydroxylation is 1. The van der Waals surface area contributed by atoms with Crippen LogP contribution in [0.15, 0.2) is 29.3 Å². The number of aromatic nitrogens is 2. The molecule has 0 saturated carbocycles. The number of rotatable bonds is 3. The smallest absolute Gasteiger partial charge is 0.332 e. The molecule has 0 fully saturated rings. The second kappa shape index (κ2) is 3.30. The minimum atomic E-state index is -1.09. The molecule has 13 heavy (non-hydrogen) atoms. The van der Waals surface area contributed by atoms with Gasteiger partial charge in [0.1, 0.15) is 0 Å². The van der Waals surface area contributed by atoms with Crippen LogP contribution >= 0.6 is 0 Å². The lowest BCUT2D eigenvalue weighted by Gasteiger charge is -1.99. The van der Waals surface area contributed by atoms with Gasteiger partial charge in [-0.05, 0) is 0 Å². The molecule has 0 saturated heterocycles. The predicted molar refractivity (Wildman–Crippen MR) is 46.4 cm³/mol. The van der Waals surface area contributed by atoms with Crippen molar-refractivity contribution in [3.8, 4) is 0 Å². The number of imidazole rings is 1. The van der Waals surface area contributed by atoms with Crippen LogP contribution in [0.4, 0.5) is 0 Å². The number of carboxylic acid groups (broad SMARTS) is 1. The Hall–Kier alpha value is -1.78. The topological polar surface area (TPSA) is 64.2 Å². The molecule has 1 rings (SSSR count). The lowest BCUT2D eigenvalue weighted by Crippen LogP contribution is -2.23. The van der Waals surface area contributed by atoms with E-state index in [9.17, 15) is 9.59 Å². The van der Waals surface area contributed by atoms with E-state index in [1.54, 1.807) is 13.2 Å². The lowest BCUT2D eigenvalue weighted by molar-refractivity contribution is -0.132. The fraction of sp³-hybridized carbons (Fsp3) is 0.250. The van der Waals surface area contributed by atoms with E-state index in [4.69, 9.17) is 5.11 Å². The van der Waals surface area contributed by atoms with Crippen molar-refractivity contribution in [2.45, 2.75) is 6.54 Å². The Morgan fingerprint density at radius 2 is 2.23 bits per heavy atom. The third-order valence-corrected chi connectivity index (χ3v) is 1.68. The Balaban J connectivity index is 2.87. The molecule has 0 aliphatic heterocycles. The van der Waals surface area contributed by atoms with Crippen molar-refractivity contribution in [2.75, 3.05) is 0 Å². The standard InChI is InChI=1S/C8H10N2O3/c1-6(7(11)12)5-10-4-3-9(2)8(10)13/h3-4H,1,5H2,2H3,(H,11,12). The minimum Gasteiger partial charge on any atom is -0.478 e. The normalized spacial score (nSPS) is 9.92. The number of carboxylic acids is 1. The molecule has 0 atom stereocenters. The van der Waals surface area contributed by atoms with Crippen molar-refractivity contribution in [1.29, 1.82) is 0 Å². The zero-order valence-electron chi connectivity index (χ0n) is 7.23. The van der Waals surface area contributed by atoms with Gasteiger partial charge in [-0.2, -0.15) is 0 Å². The lowest BCUT2D eigenvalue weighted by atomic mass is 10.3. The van der Waals surface area contributed by atoms with Crippen molar-refractivity contribution in [3.05, 3.63) is 35.0 Å². The van der Waals surface area contributed by atoms with Crippen LogP contribution in [0.25, 0.3) is 0 Å². The van der Waals surface area contributed by atoms with E-state index in [0.29, 0.717) is 0 Å². The van der Waals surface area contributed by atoms with Crippen LogP contribution in [0.1, 0.15) is 0 Å². The summed E-state index contributed by atoms with van der Waals surface area (Å²) in [5.41, 5.74) is -0.254. The zero-order chi connectivity index (χ0) is 10.0. The first-order valence-electron chi connectivity index (χ1n) is 3.65. The molecule has 0 aliphatic rings. The first-order valence-corrected chi connectivity index (χ1v) is 3.65. The Morgan fingerprint density at radius 1 is 1.62 bits per heavy atom. The van der Waals surface area contributed by atoms with E-state index in [2.05, 4.69) is 6.58 Å². The first kappa shape index (κ1) is 9.31. The van der Waals surface area contributed by atoms with E-state index in [0.717, 1.165) is 0 Å². The maximum atomic E-state index is 11.2. The van der Waals surface area contributed by atoms with Crippen LogP contribution in [-0.2, 0) is 18.4 Å². The molecule has 0 aliphatic carbocycles. The summed E-state index contributed by atoms with van der Waals surface area (Å²) < 4.78 is 2.66. The third-order valence-electron chi connectivity index (χ3n) is 1.68. The number of nitrogens with zero attached hydrogens (tertiary/aromatic N) is 2. The average Bonchev–Trinajstić information content (AvgIpc) is 2.36. The highest BCUT2D eigenvalue weighted by molar-refractivity contribution is 5.85. The second-order valence-electron chi connectivity index (χ2n) is 2.73. The van der Waals surface area contributed by atoms with Crippen LogP contribution in [0.3, 0.4) is 0 Å². The summed E-state index contributed by atoms with van der Waals surface area (Å²) in [6, 6.07) is 0. The van der Waals surface area contributed by atoms with E-state index in [-0.39, 0.29) is 17.8 Å². The summed E-state index contributed by atoms with van der Waals surface area (Å²) in [6.07, 6.45) is 3.09. The van der Waals surface area contributed by atoms with Gasteiger partial charge < -0.3 is 9.67 Å². The van der Waals surface area contributed by atoms with Crippen molar-refractivity contribution in [2.24, 2.45) is 7.05 Å². The molecule has 0 bridgehead atoms. The highest BCUT2D eigenvalue weighted by Crippen LogP contribution is 1.94. The van der Waals surface area contributed by atoms with Crippen LogP contribution < -0.4 is 5.69 Å². The van der Waals surface area contributed by atoms with Gasteiger partial charge in [0.05, 0.1) is 6.54 Å². The monoisotopic (exact) mass is 182 g/mol. The van der Waals surface area contributed by atoms with E-state index < -0.39 is 5.97 Å².